The van der Waals surface area contributed by atoms with Gasteiger partial charge in [0.2, 0.25) is 0 Å². The summed E-state index contributed by atoms with van der Waals surface area (Å²) in [6.07, 6.45) is 2.04. The number of hydrogen-bond acceptors (Lipinski definition) is 3. The molecule has 0 unspecified atom stereocenters. The molecule has 1 aromatic carbocycles. The summed E-state index contributed by atoms with van der Waals surface area (Å²) < 4.78 is 0. The number of anilines is 2. The van der Waals surface area contributed by atoms with Gasteiger partial charge in [-0.2, -0.15) is 0 Å². The van der Waals surface area contributed by atoms with Crippen LogP contribution in [-0.4, -0.2) is 6.29 Å². The minimum Gasteiger partial charge on any atom is -0.399 e. The number of aldehydes is 1. The monoisotopic (exact) mass is 164 g/mol. The zero-order valence-corrected chi connectivity index (χ0v) is 6.79. The lowest BCUT2D eigenvalue weighted by Crippen LogP contribution is -1.96. The van der Waals surface area contributed by atoms with Gasteiger partial charge in [0.1, 0.15) is 6.29 Å². The Morgan fingerprint density at radius 3 is 2.75 bits per heavy atom. The summed E-state index contributed by atoms with van der Waals surface area (Å²) in [6.45, 7) is 0. The highest BCUT2D eigenvalue weighted by atomic mass is 16.1. The minimum atomic E-state index is 0.494. The summed E-state index contributed by atoms with van der Waals surface area (Å²) in [5, 5.41) is 0. The molecule has 0 aliphatic heterocycles. The summed E-state index contributed by atoms with van der Waals surface area (Å²) in [6, 6.07) is 5.31. The molecule has 0 atom stereocenters. The van der Waals surface area contributed by atoms with E-state index in [0.717, 1.165) is 11.8 Å². The van der Waals surface area contributed by atoms with Gasteiger partial charge in [0.05, 0.1) is 0 Å². The molecule has 0 aromatic heterocycles. The van der Waals surface area contributed by atoms with Gasteiger partial charge in [-0.05, 0) is 30.2 Å². The molecule has 0 saturated heterocycles. The van der Waals surface area contributed by atoms with Crippen molar-refractivity contribution in [3.8, 4) is 0 Å². The minimum absolute atomic E-state index is 0.494. The number of benzene rings is 1. The Kier molecular flexibility index (Phi) is 2.69. The molecule has 0 saturated carbocycles. The van der Waals surface area contributed by atoms with Gasteiger partial charge >= 0.3 is 0 Å². The van der Waals surface area contributed by atoms with Gasteiger partial charge < -0.3 is 16.3 Å². The van der Waals surface area contributed by atoms with Gasteiger partial charge in [-0.25, -0.2) is 0 Å². The van der Waals surface area contributed by atoms with Gasteiger partial charge in [0, 0.05) is 17.8 Å². The van der Waals surface area contributed by atoms with Crippen LogP contribution < -0.4 is 11.5 Å². The average molecular weight is 164 g/mol. The first-order valence-electron chi connectivity index (χ1n) is 3.81. The molecule has 1 aromatic rings. The number of nitrogen functional groups attached to an aromatic ring is 2. The zero-order chi connectivity index (χ0) is 8.97. The largest absolute Gasteiger partial charge is 0.399 e. The Balaban J connectivity index is 2.82. The first-order chi connectivity index (χ1) is 5.74. The standard InChI is InChI=1S/C9H12N2O/c10-8-3-4-9(11)7(6-8)2-1-5-12/h3-6H,1-2,10-11H2. The molecular formula is C9H12N2O. The summed E-state index contributed by atoms with van der Waals surface area (Å²) in [4.78, 5) is 10.1. The molecule has 4 N–H and O–H groups in total. The molecule has 3 heteroatoms. The van der Waals surface area contributed by atoms with E-state index in [-0.39, 0.29) is 0 Å². The summed E-state index contributed by atoms with van der Waals surface area (Å²) >= 11 is 0. The van der Waals surface area contributed by atoms with Crippen LogP contribution in [0.5, 0.6) is 0 Å². The van der Waals surface area contributed by atoms with E-state index in [1.807, 2.05) is 0 Å². The first-order valence-corrected chi connectivity index (χ1v) is 3.81. The second-order valence-electron chi connectivity index (χ2n) is 2.66. The van der Waals surface area contributed by atoms with E-state index in [0.29, 0.717) is 24.2 Å². The topological polar surface area (TPSA) is 69.1 Å². The molecule has 3 nitrogen and oxygen atoms in total. The van der Waals surface area contributed by atoms with Gasteiger partial charge in [0.25, 0.3) is 0 Å². The molecule has 0 bridgehead atoms. The smallest absolute Gasteiger partial charge is 0.120 e. The Morgan fingerprint density at radius 2 is 2.08 bits per heavy atom. The predicted octanol–water partition coefficient (Wildman–Crippen LogP) is 0.983. The summed E-state index contributed by atoms with van der Waals surface area (Å²) in [5.41, 5.74) is 13.5. The molecule has 0 aliphatic rings. The normalized spacial score (nSPS) is 9.67. The number of carbonyl (C=O) groups is 1. The van der Waals surface area contributed by atoms with Crippen molar-refractivity contribution in [3.05, 3.63) is 23.8 Å². The number of aryl methyl sites for hydroxylation is 1. The zero-order valence-electron chi connectivity index (χ0n) is 6.79. The van der Waals surface area contributed by atoms with Gasteiger partial charge in [-0.15, -0.1) is 0 Å². The van der Waals surface area contributed by atoms with Crippen molar-refractivity contribution in [3.63, 3.8) is 0 Å². The van der Waals surface area contributed by atoms with Crippen LogP contribution in [-0.2, 0) is 11.2 Å². The van der Waals surface area contributed by atoms with Crippen molar-refractivity contribution in [2.75, 3.05) is 11.5 Å². The van der Waals surface area contributed by atoms with Crippen molar-refractivity contribution in [1.82, 2.24) is 0 Å². The maximum atomic E-state index is 10.1. The number of hydrogen-bond donors (Lipinski definition) is 2. The lowest BCUT2D eigenvalue weighted by Gasteiger charge is -2.03. The molecule has 1 rings (SSSR count). The van der Waals surface area contributed by atoms with Crippen LogP contribution >= 0.6 is 0 Å². The van der Waals surface area contributed by atoms with Crippen LogP contribution in [0.25, 0.3) is 0 Å². The predicted molar refractivity (Wildman–Crippen MR) is 49.7 cm³/mol. The fourth-order valence-electron chi connectivity index (χ4n) is 1.06. The van der Waals surface area contributed by atoms with E-state index in [2.05, 4.69) is 0 Å². The van der Waals surface area contributed by atoms with Crippen LogP contribution in [0.15, 0.2) is 18.2 Å². The Bertz CT molecular complexity index is 284. The van der Waals surface area contributed by atoms with Crippen molar-refractivity contribution >= 4 is 17.7 Å². The number of carbonyl (C=O) groups excluding carboxylic acids is 1. The first kappa shape index (κ1) is 8.59. The highest BCUT2D eigenvalue weighted by molar-refractivity contribution is 5.57. The van der Waals surface area contributed by atoms with Gasteiger partial charge in [0.15, 0.2) is 0 Å². The average Bonchev–Trinajstić information content (AvgIpc) is 2.07. The number of rotatable bonds is 3. The van der Waals surface area contributed by atoms with Crippen LogP contribution in [0.1, 0.15) is 12.0 Å². The molecule has 0 aliphatic carbocycles. The molecule has 0 heterocycles. The van der Waals surface area contributed by atoms with Crippen molar-refractivity contribution in [2.45, 2.75) is 12.8 Å². The number of nitrogens with two attached hydrogens (primary N) is 2. The van der Waals surface area contributed by atoms with E-state index >= 15 is 0 Å². The third-order valence-corrected chi connectivity index (χ3v) is 1.70. The van der Waals surface area contributed by atoms with E-state index in [9.17, 15) is 4.79 Å². The Morgan fingerprint density at radius 1 is 1.33 bits per heavy atom. The van der Waals surface area contributed by atoms with E-state index in [1.165, 1.54) is 0 Å². The van der Waals surface area contributed by atoms with Crippen molar-refractivity contribution < 1.29 is 4.79 Å². The molecule has 0 radical (unpaired) electrons. The van der Waals surface area contributed by atoms with E-state index in [4.69, 9.17) is 11.5 Å². The fourth-order valence-corrected chi connectivity index (χ4v) is 1.06. The lowest BCUT2D eigenvalue weighted by atomic mass is 10.1. The molecular weight excluding hydrogens is 152 g/mol. The van der Waals surface area contributed by atoms with Crippen molar-refractivity contribution in [2.24, 2.45) is 0 Å². The maximum Gasteiger partial charge on any atom is 0.120 e. The van der Waals surface area contributed by atoms with E-state index < -0.39 is 0 Å². The van der Waals surface area contributed by atoms with Crippen LogP contribution in [0.4, 0.5) is 11.4 Å². The highest BCUT2D eigenvalue weighted by Crippen LogP contribution is 2.16. The Labute approximate surface area is 71.4 Å². The highest BCUT2D eigenvalue weighted by Gasteiger charge is 1.98. The third-order valence-electron chi connectivity index (χ3n) is 1.70. The van der Waals surface area contributed by atoms with Crippen molar-refractivity contribution in [1.29, 1.82) is 0 Å². The van der Waals surface area contributed by atoms with Crippen LogP contribution in [0.2, 0.25) is 0 Å². The van der Waals surface area contributed by atoms with Crippen LogP contribution in [0, 0.1) is 0 Å². The SMILES string of the molecule is Nc1ccc(N)c(CCC=O)c1. The maximum absolute atomic E-state index is 10.1. The fraction of sp³-hybridized carbons (Fsp3) is 0.222. The molecule has 0 fully saturated rings. The summed E-state index contributed by atoms with van der Waals surface area (Å²) in [7, 11) is 0. The molecule has 0 amide bonds. The second-order valence-corrected chi connectivity index (χ2v) is 2.66. The lowest BCUT2D eigenvalue weighted by molar-refractivity contribution is -0.107. The third kappa shape index (κ3) is 1.99. The summed E-state index contributed by atoms with van der Waals surface area (Å²) in [5.74, 6) is 0. The van der Waals surface area contributed by atoms with Gasteiger partial charge in [-0.3, -0.25) is 0 Å². The molecule has 0 spiro atoms. The van der Waals surface area contributed by atoms with E-state index in [1.54, 1.807) is 18.2 Å². The molecule has 64 valence electrons. The quantitative estimate of drug-likeness (QED) is 0.517. The molecule has 12 heavy (non-hydrogen) atoms. The Hall–Kier alpha value is -1.51. The van der Waals surface area contributed by atoms with Gasteiger partial charge in [-0.1, -0.05) is 0 Å². The van der Waals surface area contributed by atoms with Crippen LogP contribution in [0.3, 0.4) is 0 Å². The second kappa shape index (κ2) is 3.76.